The van der Waals surface area contributed by atoms with Crippen molar-refractivity contribution in [2.24, 2.45) is 5.14 Å². The summed E-state index contributed by atoms with van der Waals surface area (Å²) >= 11 is 0. The van der Waals surface area contributed by atoms with Gasteiger partial charge in [-0.15, -0.1) is 0 Å². The minimum Gasteiger partial charge on any atom is -0.374 e. The molecule has 0 saturated heterocycles. The van der Waals surface area contributed by atoms with Crippen molar-refractivity contribution in [1.29, 1.82) is 0 Å². The second-order valence-electron chi connectivity index (χ2n) is 3.33. The zero-order valence-corrected chi connectivity index (χ0v) is 8.65. The molecular weight excluding hydrogens is 178 g/mol. The number of hydrogen-bond donors (Lipinski definition) is 1. The molecule has 12 heavy (non-hydrogen) atoms. The lowest BCUT2D eigenvalue weighted by Crippen LogP contribution is -2.28. The fraction of sp³-hybridized carbons (Fsp3) is 1.00. The monoisotopic (exact) mass is 195 g/mol. The third kappa shape index (κ3) is 6.57. The molecule has 0 unspecified atom stereocenters. The van der Waals surface area contributed by atoms with E-state index in [0.717, 1.165) is 6.42 Å². The lowest BCUT2D eigenvalue weighted by Gasteiger charge is -2.22. The van der Waals surface area contributed by atoms with Crippen LogP contribution in [0.5, 0.6) is 0 Å². The average molecular weight is 195 g/mol. The Labute approximate surface area is 74.1 Å². The van der Waals surface area contributed by atoms with E-state index in [-0.39, 0.29) is 18.0 Å². The summed E-state index contributed by atoms with van der Waals surface area (Å²) in [6, 6.07) is 0. The van der Waals surface area contributed by atoms with Gasteiger partial charge in [0.2, 0.25) is 10.0 Å². The quantitative estimate of drug-likeness (QED) is 0.693. The summed E-state index contributed by atoms with van der Waals surface area (Å²) < 4.78 is 26.3. The molecule has 0 rings (SSSR count). The Balaban J connectivity index is 3.72. The molecule has 0 heterocycles. The maximum absolute atomic E-state index is 10.5. The Morgan fingerprint density at radius 1 is 1.42 bits per heavy atom. The van der Waals surface area contributed by atoms with Gasteiger partial charge in [0.05, 0.1) is 18.0 Å². The molecular formula is C7H17NO3S. The minimum atomic E-state index is -3.38. The van der Waals surface area contributed by atoms with E-state index < -0.39 is 10.0 Å². The Bertz CT molecular complexity index is 221. The molecule has 74 valence electrons. The molecule has 0 spiro atoms. The molecule has 0 saturated carbocycles. The van der Waals surface area contributed by atoms with Gasteiger partial charge in [0.25, 0.3) is 0 Å². The first-order valence-corrected chi connectivity index (χ1v) is 5.63. The third-order valence-electron chi connectivity index (χ3n) is 1.71. The summed E-state index contributed by atoms with van der Waals surface area (Å²) in [6.45, 7) is 5.98. The molecule has 0 aliphatic carbocycles. The van der Waals surface area contributed by atoms with Crippen LogP contribution in [0.25, 0.3) is 0 Å². The molecule has 0 radical (unpaired) electrons. The van der Waals surface area contributed by atoms with Gasteiger partial charge < -0.3 is 4.74 Å². The second kappa shape index (κ2) is 4.20. The molecule has 0 atom stereocenters. The van der Waals surface area contributed by atoms with Crippen LogP contribution in [0.3, 0.4) is 0 Å². The van der Waals surface area contributed by atoms with Gasteiger partial charge in [-0.05, 0) is 20.3 Å². The lowest BCUT2D eigenvalue weighted by molar-refractivity contribution is -0.0114. The van der Waals surface area contributed by atoms with Gasteiger partial charge >= 0.3 is 0 Å². The zero-order chi connectivity index (χ0) is 9.83. The van der Waals surface area contributed by atoms with E-state index >= 15 is 0 Å². The summed E-state index contributed by atoms with van der Waals surface area (Å²) in [7, 11) is -3.38. The fourth-order valence-electron chi connectivity index (χ4n) is 0.536. The molecule has 0 aromatic carbocycles. The summed E-state index contributed by atoms with van der Waals surface area (Å²) in [5.41, 5.74) is -0.259. The standard InChI is InChI=1S/C7H17NO3S/c1-4-7(2,3)11-5-6-12(8,9)10/h4-6H2,1-3H3,(H2,8,9,10). The van der Waals surface area contributed by atoms with Gasteiger partial charge in [0.15, 0.2) is 0 Å². The molecule has 0 fully saturated rings. The van der Waals surface area contributed by atoms with Crippen LogP contribution in [-0.2, 0) is 14.8 Å². The van der Waals surface area contributed by atoms with E-state index in [2.05, 4.69) is 0 Å². The van der Waals surface area contributed by atoms with Crippen LogP contribution in [-0.4, -0.2) is 26.4 Å². The smallest absolute Gasteiger partial charge is 0.211 e. The van der Waals surface area contributed by atoms with Crippen molar-refractivity contribution >= 4 is 10.0 Å². The van der Waals surface area contributed by atoms with E-state index in [9.17, 15) is 8.42 Å². The van der Waals surface area contributed by atoms with E-state index in [4.69, 9.17) is 9.88 Å². The van der Waals surface area contributed by atoms with Crippen LogP contribution < -0.4 is 5.14 Å². The number of nitrogens with two attached hydrogens (primary N) is 1. The molecule has 4 nitrogen and oxygen atoms in total. The Kier molecular flexibility index (Phi) is 4.16. The topological polar surface area (TPSA) is 69.4 Å². The van der Waals surface area contributed by atoms with Crippen molar-refractivity contribution in [2.75, 3.05) is 12.4 Å². The van der Waals surface area contributed by atoms with E-state index in [1.165, 1.54) is 0 Å². The molecule has 0 aliphatic rings. The number of sulfonamides is 1. The minimum absolute atomic E-state index is 0.115. The zero-order valence-electron chi connectivity index (χ0n) is 7.83. The Morgan fingerprint density at radius 2 is 1.92 bits per heavy atom. The summed E-state index contributed by atoms with van der Waals surface area (Å²) in [5, 5.41) is 4.80. The first kappa shape index (κ1) is 11.9. The highest BCUT2D eigenvalue weighted by Gasteiger charge is 2.15. The van der Waals surface area contributed by atoms with Crippen LogP contribution in [0.15, 0.2) is 0 Å². The van der Waals surface area contributed by atoms with Crippen molar-refractivity contribution < 1.29 is 13.2 Å². The van der Waals surface area contributed by atoms with Gasteiger partial charge in [-0.1, -0.05) is 6.92 Å². The van der Waals surface area contributed by atoms with Crippen LogP contribution in [0.4, 0.5) is 0 Å². The van der Waals surface area contributed by atoms with Crippen LogP contribution in [0.2, 0.25) is 0 Å². The van der Waals surface area contributed by atoms with Gasteiger partial charge in [0.1, 0.15) is 0 Å². The average Bonchev–Trinajstić information content (AvgIpc) is 1.84. The Hall–Kier alpha value is -0.130. The van der Waals surface area contributed by atoms with Gasteiger partial charge in [-0.2, -0.15) is 0 Å². The van der Waals surface area contributed by atoms with Gasteiger partial charge in [-0.3, -0.25) is 0 Å². The maximum Gasteiger partial charge on any atom is 0.211 e. The first-order chi connectivity index (χ1) is 5.27. The van der Waals surface area contributed by atoms with Crippen LogP contribution in [0.1, 0.15) is 27.2 Å². The van der Waals surface area contributed by atoms with Crippen molar-refractivity contribution in [3.63, 3.8) is 0 Å². The van der Waals surface area contributed by atoms with Crippen LogP contribution in [0, 0.1) is 0 Å². The highest BCUT2D eigenvalue weighted by atomic mass is 32.2. The molecule has 0 aromatic rings. The number of hydrogen-bond acceptors (Lipinski definition) is 3. The van der Waals surface area contributed by atoms with E-state index in [1.807, 2.05) is 20.8 Å². The fourth-order valence-corrected chi connectivity index (χ4v) is 0.852. The molecule has 0 amide bonds. The predicted octanol–water partition coefficient (Wildman–Crippen LogP) is 0.480. The van der Waals surface area contributed by atoms with Gasteiger partial charge in [-0.25, -0.2) is 13.6 Å². The normalized spacial score (nSPS) is 13.3. The summed E-state index contributed by atoms with van der Waals surface area (Å²) in [5.74, 6) is -0.115. The number of rotatable bonds is 5. The van der Waals surface area contributed by atoms with Gasteiger partial charge in [0, 0.05) is 0 Å². The predicted molar refractivity (Wildman–Crippen MR) is 48.3 cm³/mol. The molecule has 0 aromatic heterocycles. The second-order valence-corrected chi connectivity index (χ2v) is 5.06. The molecule has 2 N–H and O–H groups in total. The highest BCUT2D eigenvalue weighted by molar-refractivity contribution is 7.89. The van der Waals surface area contributed by atoms with E-state index in [0.29, 0.717) is 0 Å². The summed E-state index contributed by atoms with van der Waals surface area (Å²) in [6.07, 6.45) is 0.845. The lowest BCUT2D eigenvalue weighted by atomic mass is 10.1. The van der Waals surface area contributed by atoms with Crippen LogP contribution >= 0.6 is 0 Å². The number of primary sulfonamides is 1. The van der Waals surface area contributed by atoms with Crippen molar-refractivity contribution in [1.82, 2.24) is 0 Å². The van der Waals surface area contributed by atoms with Crippen molar-refractivity contribution in [3.05, 3.63) is 0 Å². The highest BCUT2D eigenvalue weighted by Crippen LogP contribution is 2.12. The van der Waals surface area contributed by atoms with Crippen molar-refractivity contribution in [3.8, 4) is 0 Å². The molecule has 0 aliphatic heterocycles. The third-order valence-corrected chi connectivity index (χ3v) is 2.45. The van der Waals surface area contributed by atoms with E-state index in [1.54, 1.807) is 0 Å². The SMILES string of the molecule is CCC(C)(C)OCCS(N)(=O)=O. The molecule has 5 heteroatoms. The largest absolute Gasteiger partial charge is 0.374 e. The molecule has 0 bridgehead atoms. The number of ether oxygens (including phenoxy) is 1. The maximum atomic E-state index is 10.5. The summed E-state index contributed by atoms with van der Waals surface area (Å²) in [4.78, 5) is 0. The first-order valence-electron chi connectivity index (χ1n) is 3.91. The van der Waals surface area contributed by atoms with Crippen molar-refractivity contribution in [2.45, 2.75) is 32.8 Å². The Morgan fingerprint density at radius 3 is 2.25 bits per heavy atom.